The molecular formula is C21H22ClNO4S. The number of nitrogens with zero attached hydrogens (tertiary/aromatic N) is 1. The maximum atomic E-state index is 12.8. The van der Waals surface area contributed by atoms with E-state index in [4.69, 9.17) is 16.3 Å². The number of carbonyl (C=O) groups is 2. The Kier molecular flexibility index (Phi) is 6.54. The molecule has 28 heavy (non-hydrogen) atoms. The number of aliphatic hydroxyl groups is 1. The highest BCUT2D eigenvalue weighted by Crippen LogP contribution is 2.41. The van der Waals surface area contributed by atoms with Crippen molar-refractivity contribution in [2.45, 2.75) is 32.4 Å². The molecule has 2 aromatic rings. The summed E-state index contributed by atoms with van der Waals surface area (Å²) in [5.74, 6) is -1.46. The predicted molar refractivity (Wildman–Crippen MR) is 110 cm³/mol. The molecule has 3 rings (SSSR count). The minimum atomic E-state index is -0.671. The van der Waals surface area contributed by atoms with Crippen LogP contribution in [0.4, 0.5) is 0 Å². The van der Waals surface area contributed by atoms with Crippen molar-refractivity contribution in [3.8, 4) is 0 Å². The number of Topliss-reactive ketones (excluding diaryl/α,β-unsaturated/α-hetero) is 1. The minimum absolute atomic E-state index is 0.105. The third kappa shape index (κ3) is 4.29. The zero-order valence-corrected chi connectivity index (χ0v) is 17.3. The monoisotopic (exact) mass is 419 g/mol. The first-order chi connectivity index (χ1) is 13.4. The number of thiophene rings is 1. The van der Waals surface area contributed by atoms with E-state index in [1.807, 2.05) is 31.4 Å². The van der Waals surface area contributed by atoms with Gasteiger partial charge >= 0.3 is 0 Å². The molecule has 2 heterocycles. The van der Waals surface area contributed by atoms with Gasteiger partial charge in [-0.2, -0.15) is 0 Å². The molecule has 5 nitrogen and oxygen atoms in total. The van der Waals surface area contributed by atoms with E-state index in [0.717, 1.165) is 4.88 Å². The Morgan fingerprint density at radius 2 is 1.96 bits per heavy atom. The molecule has 1 atom stereocenters. The highest BCUT2D eigenvalue weighted by atomic mass is 35.5. The molecule has 0 saturated carbocycles. The van der Waals surface area contributed by atoms with Gasteiger partial charge in [0.1, 0.15) is 5.76 Å². The van der Waals surface area contributed by atoms with Crippen LogP contribution in [0.25, 0.3) is 5.76 Å². The van der Waals surface area contributed by atoms with Gasteiger partial charge in [-0.3, -0.25) is 9.59 Å². The molecule has 0 aliphatic carbocycles. The van der Waals surface area contributed by atoms with E-state index in [0.29, 0.717) is 30.2 Å². The predicted octanol–water partition coefficient (Wildman–Crippen LogP) is 4.64. The molecule has 148 valence electrons. The lowest BCUT2D eigenvalue weighted by Gasteiger charge is -2.24. The minimum Gasteiger partial charge on any atom is -0.507 e. The summed E-state index contributed by atoms with van der Waals surface area (Å²) in [4.78, 5) is 27.9. The maximum Gasteiger partial charge on any atom is 0.295 e. The van der Waals surface area contributed by atoms with Gasteiger partial charge in [0.05, 0.1) is 17.7 Å². The number of rotatable bonds is 7. The first kappa shape index (κ1) is 20.6. The summed E-state index contributed by atoms with van der Waals surface area (Å²) in [5, 5.41) is 13.3. The number of hydrogen-bond acceptors (Lipinski definition) is 5. The van der Waals surface area contributed by atoms with E-state index in [1.54, 1.807) is 24.3 Å². The lowest BCUT2D eigenvalue weighted by Crippen LogP contribution is -2.31. The quantitative estimate of drug-likeness (QED) is 0.307. The van der Waals surface area contributed by atoms with Gasteiger partial charge in [-0.15, -0.1) is 11.3 Å². The molecule has 1 aliphatic heterocycles. The zero-order chi connectivity index (χ0) is 20.3. The normalized spacial score (nSPS) is 19.0. The summed E-state index contributed by atoms with van der Waals surface area (Å²) in [6, 6.07) is 9.67. The Morgan fingerprint density at radius 1 is 1.25 bits per heavy atom. The average molecular weight is 420 g/mol. The van der Waals surface area contributed by atoms with Gasteiger partial charge < -0.3 is 14.7 Å². The van der Waals surface area contributed by atoms with Gasteiger partial charge in [-0.05, 0) is 56.0 Å². The van der Waals surface area contributed by atoms with Crippen LogP contribution in [0.2, 0.25) is 5.02 Å². The van der Waals surface area contributed by atoms with Crippen molar-refractivity contribution in [1.29, 1.82) is 0 Å². The molecule has 7 heteroatoms. The van der Waals surface area contributed by atoms with Crippen LogP contribution in [0.5, 0.6) is 0 Å². The summed E-state index contributed by atoms with van der Waals surface area (Å²) >= 11 is 7.36. The van der Waals surface area contributed by atoms with Gasteiger partial charge in [-0.25, -0.2) is 0 Å². The van der Waals surface area contributed by atoms with Crippen molar-refractivity contribution in [2.75, 3.05) is 13.2 Å². The topological polar surface area (TPSA) is 66.8 Å². The molecule has 1 aromatic heterocycles. The van der Waals surface area contributed by atoms with Crippen LogP contribution in [-0.2, 0) is 14.3 Å². The number of ketones is 1. The van der Waals surface area contributed by atoms with Crippen molar-refractivity contribution in [2.24, 2.45) is 0 Å². The highest BCUT2D eigenvalue weighted by molar-refractivity contribution is 7.10. The number of hydrogen-bond donors (Lipinski definition) is 1. The molecule has 0 bridgehead atoms. The lowest BCUT2D eigenvalue weighted by atomic mass is 10.00. The molecule has 1 N–H and O–H groups in total. The Labute approximate surface area is 173 Å². The number of carbonyl (C=O) groups excluding carboxylic acids is 2. The fourth-order valence-corrected chi connectivity index (χ4v) is 4.14. The lowest BCUT2D eigenvalue weighted by molar-refractivity contribution is -0.140. The molecule has 1 unspecified atom stereocenters. The van der Waals surface area contributed by atoms with E-state index in [1.165, 1.54) is 16.2 Å². The Hall–Kier alpha value is -2.15. The van der Waals surface area contributed by atoms with E-state index < -0.39 is 17.7 Å². The number of aliphatic hydroxyl groups excluding tert-OH is 1. The number of amides is 1. The molecule has 0 spiro atoms. The molecule has 1 aromatic carbocycles. The highest BCUT2D eigenvalue weighted by Gasteiger charge is 2.46. The fourth-order valence-electron chi connectivity index (χ4n) is 3.17. The van der Waals surface area contributed by atoms with E-state index >= 15 is 0 Å². The summed E-state index contributed by atoms with van der Waals surface area (Å²) in [6.07, 6.45) is 0.710. The van der Waals surface area contributed by atoms with Crippen molar-refractivity contribution >= 4 is 40.4 Å². The van der Waals surface area contributed by atoms with Crippen LogP contribution in [-0.4, -0.2) is 41.0 Å². The van der Waals surface area contributed by atoms with Gasteiger partial charge in [0.25, 0.3) is 11.7 Å². The van der Waals surface area contributed by atoms with Crippen molar-refractivity contribution in [3.05, 3.63) is 62.8 Å². The van der Waals surface area contributed by atoms with Gasteiger partial charge in [0.15, 0.2) is 0 Å². The van der Waals surface area contributed by atoms with Gasteiger partial charge in [0.2, 0.25) is 0 Å². The second-order valence-electron chi connectivity index (χ2n) is 6.79. The Balaban J connectivity index is 1.96. The number of likely N-dealkylation sites (tertiary alicyclic amines) is 1. The van der Waals surface area contributed by atoms with Gasteiger partial charge in [0, 0.05) is 28.6 Å². The second-order valence-corrected chi connectivity index (χ2v) is 8.20. The van der Waals surface area contributed by atoms with E-state index in [9.17, 15) is 14.7 Å². The SMILES string of the molecule is CC(C)OCCCN1C(=O)C(=O)C(=C(O)c2ccc(Cl)cc2)C1c1cccs1. The third-order valence-corrected chi connectivity index (χ3v) is 5.64. The molecule has 1 saturated heterocycles. The summed E-state index contributed by atoms with van der Waals surface area (Å²) in [7, 11) is 0. The van der Waals surface area contributed by atoms with Crippen LogP contribution in [0, 0.1) is 0 Å². The van der Waals surface area contributed by atoms with Crippen molar-refractivity contribution < 1.29 is 19.4 Å². The Bertz CT molecular complexity index is 874. The third-order valence-electron chi connectivity index (χ3n) is 4.46. The molecule has 0 radical (unpaired) electrons. The van der Waals surface area contributed by atoms with Crippen LogP contribution in [0.3, 0.4) is 0 Å². The largest absolute Gasteiger partial charge is 0.507 e. The van der Waals surface area contributed by atoms with Crippen LogP contribution < -0.4 is 0 Å². The molecular weight excluding hydrogens is 398 g/mol. The van der Waals surface area contributed by atoms with Crippen LogP contribution >= 0.6 is 22.9 Å². The summed E-state index contributed by atoms with van der Waals surface area (Å²) < 4.78 is 5.55. The summed E-state index contributed by atoms with van der Waals surface area (Å²) in [6.45, 7) is 4.76. The number of ether oxygens (including phenoxy) is 1. The van der Waals surface area contributed by atoms with Crippen LogP contribution in [0.1, 0.15) is 36.8 Å². The smallest absolute Gasteiger partial charge is 0.295 e. The number of benzene rings is 1. The van der Waals surface area contributed by atoms with Crippen LogP contribution in [0.15, 0.2) is 47.4 Å². The average Bonchev–Trinajstić information content (AvgIpc) is 3.27. The first-order valence-corrected chi connectivity index (χ1v) is 10.3. The maximum absolute atomic E-state index is 12.8. The van der Waals surface area contributed by atoms with Crippen molar-refractivity contribution in [3.63, 3.8) is 0 Å². The van der Waals surface area contributed by atoms with Crippen molar-refractivity contribution in [1.82, 2.24) is 4.90 Å². The molecule has 1 aliphatic rings. The van der Waals surface area contributed by atoms with E-state index in [2.05, 4.69) is 0 Å². The first-order valence-electron chi connectivity index (χ1n) is 9.09. The Morgan fingerprint density at radius 3 is 2.57 bits per heavy atom. The standard InChI is InChI=1S/C21H22ClNO4S/c1-13(2)27-11-4-10-23-18(16-5-3-12-28-16)17(20(25)21(23)26)19(24)14-6-8-15(22)9-7-14/h3,5-9,12-13,18,24H,4,10-11H2,1-2H3. The number of halogens is 1. The molecule has 1 fully saturated rings. The van der Waals surface area contributed by atoms with Gasteiger partial charge in [-0.1, -0.05) is 17.7 Å². The fraction of sp³-hybridized carbons (Fsp3) is 0.333. The molecule has 1 amide bonds. The zero-order valence-electron chi connectivity index (χ0n) is 15.7. The second kappa shape index (κ2) is 8.90. The van der Waals surface area contributed by atoms with E-state index in [-0.39, 0.29) is 17.4 Å². The summed E-state index contributed by atoms with van der Waals surface area (Å²) in [5.41, 5.74) is 0.562.